The number of carbonyl (C=O) groups is 1. The molecule has 2 aromatic rings. The van der Waals surface area contributed by atoms with Crippen LogP contribution in [0.15, 0.2) is 54.6 Å². The maximum Gasteiger partial charge on any atom is 0.245 e. The molecule has 0 aliphatic carbocycles. The molecule has 0 bridgehead atoms. The quantitative estimate of drug-likeness (QED) is 0.940. The van der Waals surface area contributed by atoms with E-state index in [1.165, 1.54) is 0 Å². The van der Waals surface area contributed by atoms with Crippen LogP contribution >= 0.6 is 0 Å². The van der Waals surface area contributed by atoms with Crippen molar-refractivity contribution in [3.63, 3.8) is 0 Å². The van der Waals surface area contributed by atoms with E-state index in [-0.39, 0.29) is 18.1 Å². The van der Waals surface area contributed by atoms with Gasteiger partial charge in [0.25, 0.3) is 0 Å². The van der Waals surface area contributed by atoms with Gasteiger partial charge in [-0.1, -0.05) is 42.5 Å². The molecule has 0 saturated carbocycles. The standard InChI is InChI=1S/C17H18N2O2/c1-19-16(13-9-6-10-14(11-13)21-2)18-15(17(19)20)12-7-4-3-5-8-12/h3-11,15-16,18H,1-2H3. The molecule has 1 fully saturated rings. The Morgan fingerprint density at radius 2 is 1.76 bits per heavy atom. The van der Waals surface area contributed by atoms with Crippen molar-refractivity contribution in [1.29, 1.82) is 0 Å². The zero-order chi connectivity index (χ0) is 14.8. The van der Waals surface area contributed by atoms with E-state index in [0.29, 0.717) is 0 Å². The summed E-state index contributed by atoms with van der Waals surface area (Å²) in [5, 5.41) is 3.40. The summed E-state index contributed by atoms with van der Waals surface area (Å²) in [5.41, 5.74) is 2.00. The number of benzene rings is 2. The van der Waals surface area contributed by atoms with Gasteiger partial charge in [0.2, 0.25) is 5.91 Å². The molecule has 1 saturated heterocycles. The van der Waals surface area contributed by atoms with Crippen LogP contribution in [0.4, 0.5) is 0 Å². The molecule has 4 nitrogen and oxygen atoms in total. The Hall–Kier alpha value is -2.33. The van der Waals surface area contributed by atoms with Crippen molar-refractivity contribution < 1.29 is 9.53 Å². The lowest BCUT2D eigenvalue weighted by atomic mass is 10.1. The highest BCUT2D eigenvalue weighted by Crippen LogP contribution is 2.32. The minimum atomic E-state index is -0.299. The van der Waals surface area contributed by atoms with Gasteiger partial charge >= 0.3 is 0 Å². The first-order chi connectivity index (χ1) is 10.2. The maximum atomic E-state index is 12.5. The number of nitrogens with one attached hydrogen (secondary N) is 1. The van der Waals surface area contributed by atoms with Gasteiger partial charge in [-0.05, 0) is 23.3 Å². The molecule has 1 aliphatic rings. The number of rotatable bonds is 3. The van der Waals surface area contributed by atoms with Gasteiger partial charge in [0.15, 0.2) is 0 Å². The summed E-state index contributed by atoms with van der Waals surface area (Å²) >= 11 is 0. The summed E-state index contributed by atoms with van der Waals surface area (Å²) in [5.74, 6) is 0.868. The first-order valence-electron chi connectivity index (χ1n) is 6.92. The topological polar surface area (TPSA) is 41.6 Å². The molecular formula is C17H18N2O2. The molecule has 1 aliphatic heterocycles. The Balaban J connectivity index is 1.90. The van der Waals surface area contributed by atoms with E-state index in [2.05, 4.69) is 5.32 Å². The highest BCUT2D eigenvalue weighted by Gasteiger charge is 2.38. The third-order valence-corrected chi connectivity index (χ3v) is 3.85. The van der Waals surface area contributed by atoms with Crippen molar-refractivity contribution in [2.75, 3.05) is 14.2 Å². The van der Waals surface area contributed by atoms with Crippen LogP contribution in [0.25, 0.3) is 0 Å². The zero-order valence-corrected chi connectivity index (χ0v) is 12.1. The number of ether oxygens (including phenoxy) is 1. The summed E-state index contributed by atoms with van der Waals surface area (Å²) in [6.07, 6.45) is -0.141. The fourth-order valence-corrected chi connectivity index (χ4v) is 2.69. The summed E-state index contributed by atoms with van der Waals surface area (Å²) in [7, 11) is 3.46. The fourth-order valence-electron chi connectivity index (χ4n) is 2.69. The summed E-state index contributed by atoms with van der Waals surface area (Å²) < 4.78 is 5.26. The van der Waals surface area contributed by atoms with Crippen LogP contribution in [0.5, 0.6) is 5.75 Å². The van der Waals surface area contributed by atoms with Gasteiger partial charge in [0.05, 0.1) is 7.11 Å². The number of hydrogen-bond acceptors (Lipinski definition) is 3. The Kier molecular flexibility index (Phi) is 3.62. The Morgan fingerprint density at radius 1 is 1.05 bits per heavy atom. The van der Waals surface area contributed by atoms with E-state index >= 15 is 0 Å². The molecule has 2 unspecified atom stereocenters. The highest BCUT2D eigenvalue weighted by atomic mass is 16.5. The molecule has 21 heavy (non-hydrogen) atoms. The minimum absolute atomic E-state index is 0.0778. The van der Waals surface area contributed by atoms with Gasteiger partial charge in [-0.25, -0.2) is 0 Å². The molecule has 0 radical (unpaired) electrons. The monoisotopic (exact) mass is 282 g/mol. The lowest BCUT2D eigenvalue weighted by Gasteiger charge is -2.20. The van der Waals surface area contributed by atoms with Gasteiger partial charge in [0, 0.05) is 7.05 Å². The molecule has 0 aromatic heterocycles. The van der Waals surface area contributed by atoms with Crippen LogP contribution in [0.1, 0.15) is 23.3 Å². The van der Waals surface area contributed by atoms with E-state index in [4.69, 9.17) is 4.74 Å². The largest absolute Gasteiger partial charge is 0.497 e. The van der Waals surface area contributed by atoms with Gasteiger partial charge in [-0.2, -0.15) is 0 Å². The second-order valence-electron chi connectivity index (χ2n) is 5.14. The normalized spacial score (nSPS) is 21.6. The smallest absolute Gasteiger partial charge is 0.245 e. The van der Waals surface area contributed by atoms with Crippen molar-refractivity contribution in [2.45, 2.75) is 12.2 Å². The van der Waals surface area contributed by atoms with Crippen molar-refractivity contribution in [2.24, 2.45) is 0 Å². The predicted octanol–water partition coefficient (Wildman–Crippen LogP) is 2.50. The van der Waals surface area contributed by atoms with E-state index in [9.17, 15) is 4.79 Å². The molecular weight excluding hydrogens is 264 g/mol. The molecule has 4 heteroatoms. The number of methoxy groups -OCH3 is 1. The van der Waals surface area contributed by atoms with Crippen LogP contribution in [0.3, 0.4) is 0 Å². The summed E-state index contributed by atoms with van der Waals surface area (Å²) in [6.45, 7) is 0. The van der Waals surface area contributed by atoms with Crippen molar-refractivity contribution >= 4 is 5.91 Å². The second kappa shape index (κ2) is 5.58. The fraction of sp³-hybridized carbons (Fsp3) is 0.235. The Bertz CT molecular complexity index is 642. The van der Waals surface area contributed by atoms with Crippen molar-refractivity contribution in [3.05, 3.63) is 65.7 Å². The van der Waals surface area contributed by atoms with Gasteiger partial charge in [-0.3, -0.25) is 10.1 Å². The number of likely N-dealkylation sites (N-methyl/N-ethyl adjacent to an activating group) is 1. The number of nitrogens with zero attached hydrogens (tertiary/aromatic N) is 1. The average Bonchev–Trinajstić information content (AvgIpc) is 2.84. The van der Waals surface area contributed by atoms with Gasteiger partial charge < -0.3 is 9.64 Å². The molecule has 1 heterocycles. The van der Waals surface area contributed by atoms with Crippen molar-refractivity contribution in [1.82, 2.24) is 10.2 Å². The first kappa shape index (κ1) is 13.6. The zero-order valence-electron chi connectivity index (χ0n) is 12.1. The van der Waals surface area contributed by atoms with Crippen LogP contribution in [0, 0.1) is 0 Å². The molecule has 108 valence electrons. The van der Waals surface area contributed by atoms with Crippen LogP contribution in [-0.2, 0) is 4.79 Å². The van der Waals surface area contributed by atoms with E-state index in [0.717, 1.165) is 16.9 Å². The van der Waals surface area contributed by atoms with Gasteiger partial charge in [0.1, 0.15) is 18.0 Å². The molecule has 2 atom stereocenters. The lowest BCUT2D eigenvalue weighted by molar-refractivity contribution is -0.128. The van der Waals surface area contributed by atoms with Crippen LogP contribution in [-0.4, -0.2) is 25.0 Å². The van der Waals surface area contributed by atoms with Crippen molar-refractivity contribution in [3.8, 4) is 5.75 Å². The second-order valence-corrected chi connectivity index (χ2v) is 5.14. The van der Waals surface area contributed by atoms with Gasteiger partial charge in [-0.15, -0.1) is 0 Å². The maximum absolute atomic E-state index is 12.5. The molecule has 0 spiro atoms. The Morgan fingerprint density at radius 3 is 2.48 bits per heavy atom. The third-order valence-electron chi connectivity index (χ3n) is 3.85. The SMILES string of the molecule is COc1cccc(C2NC(c3ccccc3)C(=O)N2C)c1. The summed E-state index contributed by atoms with van der Waals surface area (Å²) in [6, 6.07) is 17.3. The summed E-state index contributed by atoms with van der Waals surface area (Å²) in [4.78, 5) is 14.2. The molecule has 2 aromatic carbocycles. The molecule has 1 N–H and O–H groups in total. The first-order valence-corrected chi connectivity index (χ1v) is 6.92. The Labute approximate surface area is 124 Å². The van der Waals surface area contributed by atoms with E-state index < -0.39 is 0 Å². The van der Waals surface area contributed by atoms with E-state index in [1.807, 2.05) is 61.6 Å². The average molecular weight is 282 g/mol. The number of hydrogen-bond donors (Lipinski definition) is 1. The van der Waals surface area contributed by atoms with Crippen LogP contribution in [0.2, 0.25) is 0 Å². The predicted molar refractivity (Wildman–Crippen MR) is 80.8 cm³/mol. The minimum Gasteiger partial charge on any atom is -0.497 e. The van der Waals surface area contributed by atoms with Crippen LogP contribution < -0.4 is 10.1 Å². The third kappa shape index (κ3) is 2.50. The van der Waals surface area contributed by atoms with E-state index in [1.54, 1.807) is 12.0 Å². The molecule has 1 amide bonds. The molecule has 3 rings (SSSR count). The lowest BCUT2D eigenvalue weighted by Crippen LogP contribution is -2.25. The highest BCUT2D eigenvalue weighted by molar-refractivity contribution is 5.85. The number of carbonyl (C=O) groups excluding carboxylic acids is 1. The number of amides is 1.